The van der Waals surface area contributed by atoms with E-state index in [1.165, 1.54) is 0 Å². The summed E-state index contributed by atoms with van der Waals surface area (Å²) in [5, 5.41) is 14.2. The highest BCUT2D eigenvalue weighted by Crippen LogP contribution is 1.97. The van der Waals surface area contributed by atoms with E-state index in [4.69, 9.17) is 10.00 Å². The Morgan fingerprint density at radius 3 is 3.36 bits per heavy atom. The van der Waals surface area contributed by atoms with Crippen LogP contribution in [0.4, 0.5) is 0 Å². The Morgan fingerprint density at radius 1 is 1.71 bits per heavy atom. The van der Waals surface area contributed by atoms with Crippen LogP contribution < -0.4 is 10.6 Å². The second kappa shape index (κ2) is 6.35. The lowest BCUT2D eigenvalue weighted by atomic mass is 10.1. The molecule has 0 radical (unpaired) electrons. The monoisotopic (exact) mass is 197 g/mol. The molecule has 2 N–H and O–H groups in total. The second-order valence-corrected chi connectivity index (χ2v) is 3.28. The van der Waals surface area contributed by atoms with Gasteiger partial charge in [-0.05, 0) is 0 Å². The van der Waals surface area contributed by atoms with E-state index in [9.17, 15) is 4.79 Å². The Kier molecular flexibility index (Phi) is 4.97. The first-order valence-electron chi connectivity index (χ1n) is 4.75. The number of carbonyl (C=O) groups excluding carboxylic acids is 1. The highest BCUT2D eigenvalue weighted by Gasteiger charge is 2.12. The molecule has 78 valence electrons. The number of nitrogens with one attached hydrogen (secondary N) is 2. The van der Waals surface area contributed by atoms with Crippen LogP contribution in [0.5, 0.6) is 0 Å². The van der Waals surface area contributed by atoms with E-state index in [0.29, 0.717) is 19.1 Å². The third-order valence-corrected chi connectivity index (χ3v) is 2.04. The molecule has 0 saturated carbocycles. The van der Waals surface area contributed by atoms with Crippen molar-refractivity contribution in [2.45, 2.75) is 6.42 Å². The van der Waals surface area contributed by atoms with E-state index in [1.807, 2.05) is 6.07 Å². The van der Waals surface area contributed by atoms with Gasteiger partial charge in [-0.3, -0.25) is 4.79 Å². The van der Waals surface area contributed by atoms with Gasteiger partial charge < -0.3 is 15.4 Å². The molecule has 1 saturated heterocycles. The summed E-state index contributed by atoms with van der Waals surface area (Å²) in [7, 11) is 0. The number of carbonyl (C=O) groups is 1. The fraction of sp³-hybridized carbons (Fsp3) is 0.778. The molecule has 5 nitrogen and oxygen atoms in total. The van der Waals surface area contributed by atoms with Crippen LogP contribution >= 0.6 is 0 Å². The average Bonchev–Trinajstić information content (AvgIpc) is 2.43. The Hall–Kier alpha value is -1.12. The molecule has 0 spiro atoms. The Morgan fingerprint density at radius 2 is 2.57 bits per heavy atom. The van der Waals surface area contributed by atoms with Gasteiger partial charge in [0.25, 0.3) is 0 Å². The molecular weight excluding hydrogens is 182 g/mol. The van der Waals surface area contributed by atoms with Gasteiger partial charge in [0.1, 0.15) is 6.42 Å². The fourth-order valence-electron chi connectivity index (χ4n) is 1.28. The van der Waals surface area contributed by atoms with Gasteiger partial charge in [0.15, 0.2) is 0 Å². The molecule has 0 aromatic carbocycles. The summed E-state index contributed by atoms with van der Waals surface area (Å²) in [5.74, 6) is 0.0943. The lowest BCUT2D eigenvalue weighted by molar-refractivity contribution is -0.120. The van der Waals surface area contributed by atoms with Crippen LogP contribution in [0.1, 0.15) is 6.42 Å². The van der Waals surface area contributed by atoms with Crippen molar-refractivity contribution in [3.05, 3.63) is 0 Å². The summed E-state index contributed by atoms with van der Waals surface area (Å²) in [5.41, 5.74) is 0. The van der Waals surface area contributed by atoms with Crippen LogP contribution in [0, 0.1) is 17.2 Å². The molecule has 0 aromatic rings. The first-order chi connectivity index (χ1) is 6.83. The minimum atomic E-state index is -0.211. The number of hydrogen-bond donors (Lipinski definition) is 2. The average molecular weight is 197 g/mol. The molecule has 1 atom stereocenters. The third kappa shape index (κ3) is 4.21. The zero-order chi connectivity index (χ0) is 10.2. The lowest BCUT2D eigenvalue weighted by Gasteiger charge is -2.13. The Labute approximate surface area is 83.4 Å². The Bertz CT molecular complexity index is 217. The van der Waals surface area contributed by atoms with Crippen molar-refractivity contribution in [2.24, 2.45) is 5.92 Å². The Balaban J connectivity index is 2.16. The number of nitrogens with zero attached hydrogens (tertiary/aromatic N) is 1. The number of rotatable bonds is 3. The summed E-state index contributed by atoms with van der Waals surface area (Å²) in [6.07, 6.45) is -0.0684. The van der Waals surface area contributed by atoms with Crippen LogP contribution in [-0.4, -0.2) is 38.8 Å². The number of amides is 1. The molecule has 1 aliphatic rings. The minimum Gasteiger partial charge on any atom is -0.380 e. The summed E-state index contributed by atoms with van der Waals surface area (Å²) in [6, 6.07) is 1.81. The molecule has 14 heavy (non-hydrogen) atoms. The van der Waals surface area contributed by atoms with Crippen LogP contribution in [0.3, 0.4) is 0 Å². The van der Waals surface area contributed by atoms with E-state index >= 15 is 0 Å². The van der Waals surface area contributed by atoms with E-state index in [1.54, 1.807) is 0 Å². The van der Waals surface area contributed by atoms with E-state index in [2.05, 4.69) is 10.6 Å². The topological polar surface area (TPSA) is 74.2 Å². The molecule has 1 heterocycles. The smallest absolute Gasteiger partial charge is 0.234 e. The van der Waals surface area contributed by atoms with Gasteiger partial charge in [-0.2, -0.15) is 5.26 Å². The molecule has 0 bridgehead atoms. The van der Waals surface area contributed by atoms with Crippen LogP contribution in [0.2, 0.25) is 0 Å². The van der Waals surface area contributed by atoms with E-state index in [-0.39, 0.29) is 12.3 Å². The summed E-state index contributed by atoms with van der Waals surface area (Å²) in [4.78, 5) is 11.0. The van der Waals surface area contributed by atoms with Gasteiger partial charge in [-0.15, -0.1) is 0 Å². The minimum absolute atomic E-state index is 0.0684. The molecule has 1 aliphatic heterocycles. The SMILES string of the molecule is N#CCC(=O)NCC1CNCCOC1. The van der Waals surface area contributed by atoms with Crippen molar-refractivity contribution < 1.29 is 9.53 Å². The van der Waals surface area contributed by atoms with Crippen molar-refractivity contribution >= 4 is 5.91 Å². The number of ether oxygens (including phenoxy) is 1. The summed E-state index contributed by atoms with van der Waals surface area (Å²) in [6.45, 7) is 3.69. The van der Waals surface area contributed by atoms with Crippen molar-refractivity contribution in [2.75, 3.05) is 32.8 Å². The van der Waals surface area contributed by atoms with E-state index < -0.39 is 0 Å². The van der Waals surface area contributed by atoms with Crippen LogP contribution in [0.15, 0.2) is 0 Å². The first-order valence-corrected chi connectivity index (χ1v) is 4.75. The van der Waals surface area contributed by atoms with Crippen molar-refractivity contribution in [3.63, 3.8) is 0 Å². The van der Waals surface area contributed by atoms with Crippen molar-refractivity contribution in [1.29, 1.82) is 5.26 Å². The molecule has 0 aliphatic carbocycles. The maximum atomic E-state index is 11.0. The molecule has 5 heteroatoms. The van der Waals surface area contributed by atoms with Gasteiger partial charge in [0.2, 0.25) is 5.91 Å². The first kappa shape index (κ1) is 11.0. The van der Waals surface area contributed by atoms with Crippen molar-refractivity contribution in [1.82, 2.24) is 10.6 Å². The lowest BCUT2D eigenvalue weighted by Crippen LogP contribution is -2.34. The summed E-state index contributed by atoms with van der Waals surface area (Å²) < 4.78 is 5.32. The van der Waals surface area contributed by atoms with Gasteiger partial charge in [0.05, 0.1) is 19.3 Å². The summed E-state index contributed by atoms with van der Waals surface area (Å²) >= 11 is 0. The van der Waals surface area contributed by atoms with Crippen LogP contribution in [-0.2, 0) is 9.53 Å². The molecule has 1 amide bonds. The maximum Gasteiger partial charge on any atom is 0.234 e. The van der Waals surface area contributed by atoms with E-state index in [0.717, 1.165) is 19.7 Å². The molecular formula is C9H15N3O2. The highest BCUT2D eigenvalue weighted by atomic mass is 16.5. The van der Waals surface area contributed by atoms with Crippen molar-refractivity contribution in [3.8, 4) is 6.07 Å². The quantitative estimate of drug-likeness (QED) is 0.624. The second-order valence-electron chi connectivity index (χ2n) is 3.28. The van der Waals surface area contributed by atoms with Gasteiger partial charge in [-0.1, -0.05) is 0 Å². The third-order valence-electron chi connectivity index (χ3n) is 2.04. The maximum absolute atomic E-state index is 11.0. The molecule has 1 rings (SSSR count). The number of hydrogen-bond acceptors (Lipinski definition) is 4. The molecule has 1 unspecified atom stereocenters. The molecule has 0 aromatic heterocycles. The number of nitriles is 1. The fourth-order valence-corrected chi connectivity index (χ4v) is 1.28. The highest BCUT2D eigenvalue weighted by molar-refractivity contribution is 5.77. The standard InChI is InChI=1S/C9H15N3O2/c10-2-1-9(13)12-6-8-5-11-3-4-14-7-8/h8,11H,1,3-7H2,(H,12,13). The van der Waals surface area contributed by atoms with Gasteiger partial charge >= 0.3 is 0 Å². The van der Waals surface area contributed by atoms with Gasteiger partial charge in [-0.25, -0.2) is 0 Å². The zero-order valence-corrected chi connectivity index (χ0v) is 8.08. The predicted molar refractivity (Wildman–Crippen MR) is 50.4 cm³/mol. The largest absolute Gasteiger partial charge is 0.380 e. The normalized spacial score (nSPS) is 22.1. The van der Waals surface area contributed by atoms with Crippen LogP contribution in [0.25, 0.3) is 0 Å². The predicted octanol–water partition coefficient (Wildman–Crippen LogP) is -0.748. The molecule has 1 fully saturated rings. The zero-order valence-electron chi connectivity index (χ0n) is 8.08. The van der Waals surface area contributed by atoms with Gasteiger partial charge in [0, 0.05) is 25.6 Å².